The van der Waals surface area contributed by atoms with Crippen LogP contribution in [0.1, 0.15) is 18.4 Å². The molecule has 19 heavy (non-hydrogen) atoms. The van der Waals surface area contributed by atoms with Crippen LogP contribution in [0.3, 0.4) is 0 Å². The van der Waals surface area contributed by atoms with Crippen molar-refractivity contribution in [2.24, 2.45) is 5.92 Å². The van der Waals surface area contributed by atoms with Crippen molar-refractivity contribution in [3.63, 3.8) is 0 Å². The highest BCUT2D eigenvalue weighted by Gasteiger charge is 2.18. The van der Waals surface area contributed by atoms with E-state index in [0.717, 1.165) is 18.5 Å². The normalized spacial score (nSPS) is 19.3. The summed E-state index contributed by atoms with van der Waals surface area (Å²) in [6.07, 6.45) is 1.94. The van der Waals surface area contributed by atoms with Gasteiger partial charge in [-0.25, -0.2) is 4.79 Å². The van der Waals surface area contributed by atoms with E-state index in [1.807, 2.05) is 30.3 Å². The van der Waals surface area contributed by atoms with Crippen molar-refractivity contribution in [1.82, 2.24) is 10.2 Å². The largest absolute Gasteiger partial charge is 0.445 e. The minimum absolute atomic E-state index is 0.324. The number of alkyl carbamates (subject to hydrolysis) is 1. The SMILES string of the molecule is CN1CCC(CCNC(=O)OCc2ccccc2)C1. The molecule has 1 aliphatic rings. The Morgan fingerprint density at radius 1 is 1.42 bits per heavy atom. The Kier molecular flexibility index (Phi) is 5.21. The number of nitrogens with one attached hydrogen (secondary N) is 1. The third kappa shape index (κ3) is 4.91. The van der Waals surface area contributed by atoms with Gasteiger partial charge < -0.3 is 15.0 Å². The lowest BCUT2D eigenvalue weighted by Crippen LogP contribution is -2.27. The molecule has 1 amide bonds. The number of amides is 1. The second kappa shape index (κ2) is 7.14. The highest BCUT2D eigenvalue weighted by Crippen LogP contribution is 2.16. The standard InChI is InChI=1S/C15H22N2O2/c1-17-10-8-13(11-17)7-9-16-15(18)19-12-14-5-3-2-4-6-14/h2-6,13H,7-12H2,1H3,(H,16,18). The summed E-state index contributed by atoms with van der Waals surface area (Å²) in [5, 5.41) is 2.81. The van der Waals surface area contributed by atoms with Crippen LogP contribution in [0.2, 0.25) is 0 Å². The van der Waals surface area contributed by atoms with Gasteiger partial charge in [-0.3, -0.25) is 0 Å². The molecule has 1 saturated heterocycles. The fourth-order valence-corrected chi connectivity index (χ4v) is 2.41. The Bertz CT molecular complexity index is 394. The fourth-order valence-electron chi connectivity index (χ4n) is 2.41. The van der Waals surface area contributed by atoms with Crippen LogP contribution < -0.4 is 5.32 Å². The molecule has 1 heterocycles. The number of rotatable bonds is 5. The van der Waals surface area contributed by atoms with E-state index in [1.165, 1.54) is 13.0 Å². The second-order valence-electron chi connectivity index (χ2n) is 5.19. The minimum atomic E-state index is -0.324. The van der Waals surface area contributed by atoms with Crippen molar-refractivity contribution in [2.75, 3.05) is 26.7 Å². The number of likely N-dealkylation sites (tertiary alicyclic amines) is 1. The lowest BCUT2D eigenvalue weighted by molar-refractivity contribution is 0.139. The Morgan fingerprint density at radius 3 is 2.89 bits per heavy atom. The third-order valence-corrected chi connectivity index (χ3v) is 3.52. The topological polar surface area (TPSA) is 41.6 Å². The maximum Gasteiger partial charge on any atom is 0.407 e. The Morgan fingerprint density at radius 2 is 2.21 bits per heavy atom. The number of carbonyl (C=O) groups is 1. The number of hydrogen-bond donors (Lipinski definition) is 1. The average Bonchev–Trinajstić information content (AvgIpc) is 2.83. The van der Waals surface area contributed by atoms with Crippen molar-refractivity contribution >= 4 is 6.09 Å². The van der Waals surface area contributed by atoms with Gasteiger partial charge in [-0.1, -0.05) is 30.3 Å². The molecule has 104 valence electrons. The summed E-state index contributed by atoms with van der Waals surface area (Å²) >= 11 is 0. The third-order valence-electron chi connectivity index (χ3n) is 3.52. The molecule has 1 aliphatic heterocycles. The molecular formula is C15H22N2O2. The molecule has 0 radical (unpaired) electrons. The molecule has 0 aliphatic carbocycles. The maximum atomic E-state index is 11.5. The summed E-state index contributed by atoms with van der Waals surface area (Å²) in [7, 11) is 2.14. The monoisotopic (exact) mass is 262 g/mol. The lowest BCUT2D eigenvalue weighted by Gasteiger charge is -2.11. The first-order chi connectivity index (χ1) is 9.24. The summed E-state index contributed by atoms with van der Waals surface area (Å²) in [4.78, 5) is 13.8. The predicted octanol–water partition coefficient (Wildman–Crippen LogP) is 2.25. The smallest absolute Gasteiger partial charge is 0.407 e. The van der Waals surface area contributed by atoms with Gasteiger partial charge in [0.1, 0.15) is 6.61 Å². The van der Waals surface area contributed by atoms with Crippen LogP contribution >= 0.6 is 0 Å². The van der Waals surface area contributed by atoms with E-state index in [1.54, 1.807) is 0 Å². The summed E-state index contributed by atoms with van der Waals surface area (Å²) < 4.78 is 5.15. The zero-order chi connectivity index (χ0) is 13.5. The molecule has 1 aromatic carbocycles. The maximum absolute atomic E-state index is 11.5. The number of hydrogen-bond acceptors (Lipinski definition) is 3. The molecule has 1 aromatic rings. The van der Waals surface area contributed by atoms with Crippen molar-refractivity contribution in [1.29, 1.82) is 0 Å². The molecule has 0 saturated carbocycles. The first kappa shape index (κ1) is 13.9. The summed E-state index contributed by atoms with van der Waals surface area (Å²) in [6, 6.07) is 9.71. The minimum Gasteiger partial charge on any atom is -0.445 e. The number of benzene rings is 1. The molecule has 4 nitrogen and oxygen atoms in total. The Balaban J connectivity index is 1.57. The molecule has 1 fully saturated rings. The molecule has 4 heteroatoms. The van der Waals surface area contributed by atoms with Crippen molar-refractivity contribution < 1.29 is 9.53 Å². The van der Waals surface area contributed by atoms with E-state index in [2.05, 4.69) is 17.3 Å². The van der Waals surface area contributed by atoms with E-state index in [0.29, 0.717) is 19.1 Å². The van der Waals surface area contributed by atoms with E-state index >= 15 is 0 Å². The van der Waals surface area contributed by atoms with Crippen LogP contribution in [0, 0.1) is 5.92 Å². The van der Waals surface area contributed by atoms with E-state index in [-0.39, 0.29) is 6.09 Å². The van der Waals surface area contributed by atoms with Crippen LogP contribution in [-0.2, 0) is 11.3 Å². The van der Waals surface area contributed by atoms with Crippen LogP contribution in [0.25, 0.3) is 0 Å². The van der Waals surface area contributed by atoms with Gasteiger partial charge >= 0.3 is 6.09 Å². The van der Waals surface area contributed by atoms with E-state index < -0.39 is 0 Å². The Labute approximate surface area is 114 Å². The second-order valence-corrected chi connectivity index (χ2v) is 5.19. The van der Waals surface area contributed by atoms with Gasteiger partial charge in [-0.15, -0.1) is 0 Å². The average molecular weight is 262 g/mol. The molecule has 1 unspecified atom stereocenters. The molecule has 0 aromatic heterocycles. The van der Waals surface area contributed by atoms with Gasteiger partial charge in [-0.2, -0.15) is 0 Å². The zero-order valence-electron chi connectivity index (χ0n) is 11.5. The van der Waals surface area contributed by atoms with Crippen molar-refractivity contribution in [3.05, 3.63) is 35.9 Å². The molecule has 1 N–H and O–H groups in total. The molecule has 1 atom stereocenters. The van der Waals surface area contributed by atoms with Gasteiger partial charge in [-0.05, 0) is 37.9 Å². The molecule has 0 bridgehead atoms. The zero-order valence-corrected chi connectivity index (χ0v) is 11.5. The van der Waals surface area contributed by atoms with Crippen molar-refractivity contribution in [2.45, 2.75) is 19.4 Å². The van der Waals surface area contributed by atoms with Crippen molar-refractivity contribution in [3.8, 4) is 0 Å². The van der Waals surface area contributed by atoms with Gasteiger partial charge in [0.15, 0.2) is 0 Å². The number of nitrogens with zero attached hydrogens (tertiary/aromatic N) is 1. The van der Waals surface area contributed by atoms with E-state index in [9.17, 15) is 4.79 Å². The highest BCUT2D eigenvalue weighted by molar-refractivity contribution is 5.67. The molecule has 2 rings (SSSR count). The summed E-state index contributed by atoms with van der Waals surface area (Å²) in [5.74, 6) is 0.708. The van der Waals surface area contributed by atoms with Crippen LogP contribution in [-0.4, -0.2) is 37.7 Å². The first-order valence-electron chi connectivity index (χ1n) is 6.87. The first-order valence-corrected chi connectivity index (χ1v) is 6.87. The van der Waals surface area contributed by atoms with Gasteiger partial charge in [0.2, 0.25) is 0 Å². The number of ether oxygens (including phenoxy) is 1. The van der Waals surface area contributed by atoms with Gasteiger partial charge in [0.25, 0.3) is 0 Å². The molecule has 0 spiro atoms. The lowest BCUT2D eigenvalue weighted by atomic mass is 10.1. The summed E-state index contributed by atoms with van der Waals surface area (Å²) in [5.41, 5.74) is 1.01. The van der Waals surface area contributed by atoms with Crippen LogP contribution in [0.5, 0.6) is 0 Å². The predicted molar refractivity (Wildman–Crippen MR) is 74.9 cm³/mol. The van der Waals surface area contributed by atoms with Crippen LogP contribution in [0.4, 0.5) is 4.79 Å². The number of carbonyl (C=O) groups excluding carboxylic acids is 1. The summed E-state index contributed by atoms with van der Waals surface area (Å²) in [6.45, 7) is 3.34. The quantitative estimate of drug-likeness (QED) is 0.885. The highest BCUT2D eigenvalue weighted by atomic mass is 16.5. The fraction of sp³-hybridized carbons (Fsp3) is 0.533. The van der Waals surface area contributed by atoms with Gasteiger partial charge in [0.05, 0.1) is 0 Å². The van der Waals surface area contributed by atoms with Crippen LogP contribution in [0.15, 0.2) is 30.3 Å². The Hall–Kier alpha value is -1.55. The van der Waals surface area contributed by atoms with E-state index in [4.69, 9.17) is 4.74 Å². The molecular weight excluding hydrogens is 240 g/mol. The van der Waals surface area contributed by atoms with Gasteiger partial charge in [0, 0.05) is 13.1 Å².